The molecule has 1 fully saturated rings. The number of halogens is 2. The zero-order chi connectivity index (χ0) is 22.1. The Morgan fingerprint density at radius 1 is 1.16 bits per heavy atom. The lowest BCUT2D eigenvalue weighted by Crippen LogP contribution is -2.31. The van der Waals surface area contributed by atoms with E-state index in [4.69, 9.17) is 35.4 Å². The molecule has 1 saturated heterocycles. The number of nitrogens with zero attached hydrogens (tertiary/aromatic N) is 3. The number of aromatic nitrogens is 2. The largest absolute Gasteiger partial charge is 0.396 e. The van der Waals surface area contributed by atoms with Crippen LogP contribution in [0.15, 0.2) is 48.7 Å². The third-order valence-corrected chi connectivity index (χ3v) is 6.88. The second-order valence-corrected chi connectivity index (χ2v) is 8.80. The molecule has 31 heavy (non-hydrogen) atoms. The van der Waals surface area contributed by atoms with Gasteiger partial charge >= 0.3 is 0 Å². The number of aryl methyl sites for hydroxylation is 1. The first-order valence-electron chi connectivity index (χ1n) is 10.2. The Kier molecular flexibility index (Phi) is 6.53. The Labute approximate surface area is 197 Å². The number of benzene rings is 1. The van der Waals surface area contributed by atoms with Gasteiger partial charge in [0.2, 0.25) is 0 Å². The van der Waals surface area contributed by atoms with E-state index in [0.29, 0.717) is 28.1 Å². The molecule has 2 N–H and O–H groups in total. The summed E-state index contributed by atoms with van der Waals surface area (Å²) in [4.78, 5) is 6.73. The highest BCUT2D eigenvalue weighted by molar-refractivity contribution is 7.80. The number of nitrogens with one attached hydrogen (secondary N) is 1. The first-order valence-corrected chi connectivity index (χ1v) is 11.3. The summed E-state index contributed by atoms with van der Waals surface area (Å²) in [6, 6.07) is 13.6. The SMILES string of the molecule is Cc1cc(C2C(c3ccccn3)NC(=S)N2CCCO)c(C)n1-c1cccc(Cl)c1Cl. The normalized spacial score (nSPS) is 18.5. The molecular weight excluding hydrogens is 451 g/mol. The first kappa shape index (κ1) is 22.1. The van der Waals surface area contributed by atoms with Crippen LogP contribution in [0.4, 0.5) is 0 Å². The molecule has 2 aromatic heterocycles. The summed E-state index contributed by atoms with van der Waals surface area (Å²) in [5, 5.41) is 14.6. The number of aliphatic hydroxyl groups excluding tert-OH is 1. The molecule has 3 heterocycles. The van der Waals surface area contributed by atoms with E-state index in [0.717, 1.165) is 28.3 Å². The average molecular weight is 475 g/mol. The molecule has 1 aliphatic rings. The van der Waals surface area contributed by atoms with Gasteiger partial charge in [0.1, 0.15) is 0 Å². The maximum Gasteiger partial charge on any atom is 0.170 e. The van der Waals surface area contributed by atoms with E-state index in [1.165, 1.54) is 0 Å². The van der Waals surface area contributed by atoms with E-state index in [2.05, 4.69) is 39.7 Å². The van der Waals surface area contributed by atoms with Crippen molar-refractivity contribution in [2.75, 3.05) is 13.2 Å². The van der Waals surface area contributed by atoms with Crippen LogP contribution in [0.3, 0.4) is 0 Å². The van der Waals surface area contributed by atoms with Gasteiger partial charge in [-0.3, -0.25) is 4.98 Å². The van der Waals surface area contributed by atoms with Gasteiger partial charge in [0.25, 0.3) is 0 Å². The summed E-state index contributed by atoms with van der Waals surface area (Å²) < 4.78 is 2.13. The quantitative estimate of drug-likeness (QED) is 0.483. The highest BCUT2D eigenvalue weighted by Crippen LogP contribution is 2.42. The van der Waals surface area contributed by atoms with Crippen LogP contribution in [0.25, 0.3) is 5.69 Å². The lowest BCUT2D eigenvalue weighted by Gasteiger charge is -2.28. The van der Waals surface area contributed by atoms with Gasteiger partial charge < -0.3 is 19.9 Å². The van der Waals surface area contributed by atoms with Crippen LogP contribution in [-0.2, 0) is 0 Å². The van der Waals surface area contributed by atoms with Gasteiger partial charge in [-0.05, 0) is 68.4 Å². The van der Waals surface area contributed by atoms with Gasteiger partial charge in [0, 0.05) is 30.7 Å². The number of hydrogen-bond donors (Lipinski definition) is 2. The van der Waals surface area contributed by atoms with E-state index >= 15 is 0 Å². The van der Waals surface area contributed by atoms with Crippen molar-refractivity contribution >= 4 is 40.5 Å². The molecule has 162 valence electrons. The van der Waals surface area contributed by atoms with Crippen molar-refractivity contribution in [2.45, 2.75) is 32.4 Å². The van der Waals surface area contributed by atoms with Crippen LogP contribution in [0.1, 0.15) is 41.1 Å². The van der Waals surface area contributed by atoms with Crippen LogP contribution < -0.4 is 5.32 Å². The second-order valence-electron chi connectivity index (χ2n) is 7.63. The Balaban J connectivity index is 1.84. The van der Waals surface area contributed by atoms with Crippen molar-refractivity contribution in [3.05, 3.63) is 81.4 Å². The van der Waals surface area contributed by atoms with Crippen LogP contribution >= 0.6 is 35.4 Å². The van der Waals surface area contributed by atoms with Crippen LogP contribution in [0.2, 0.25) is 10.0 Å². The maximum atomic E-state index is 9.43. The monoisotopic (exact) mass is 474 g/mol. The second kappa shape index (κ2) is 9.17. The first-order chi connectivity index (χ1) is 14.9. The highest BCUT2D eigenvalue weighted by Gasteiger charge is 2.41. The zero-order valence-electron chi connectivity index (χ0n) is 17.3. The zero-order valence-corrected chi connectivity index (χ0v) is 19.7. The van der Waals surface area contributed by atoms with E-state index < -0.39 is 0 Å². The molecule has 4 rings (SSSR count). The van der Waals surface area contributed by atoms with Gasteiger partial charge in [0.05, 0.1) is 33.5 Å². The van der Waals surface area contributed by atoms with E-state index in [9.17, 15) is 5.11 Å². The van der Waals surface area contributed by atoms with E-state index in [-0.39, 0.29) is 18.7 Å². The Bertz CT molecular complexity index is 1100. The molecule has 0 bridgehead atoms. The predicted molar refractivity (Wildman–Crippen MR) is 129 cm³/mol. The Hall–Kier alpha value is -2.12. The molecule has 0 amide bonds. The maximum absolute atomic E-state index is 9.43. The molecule has 0 aliphatic carbocycles. The molecule has 8 heteroatoms. The summed E-state index contributed by atoms with van der Waals surface area (Å²) in [7, 11) is 0. The molecule has 2 atom stereocenters. The van der Waals surface area contributed by atoms with Crippen LogP contribution in [0, 0.1) is 13.8 Å². The summed E-state index contributed by atoms with van der Waals surface area (Å²) in [6.45, 7) is 4.90. The number of aliphatic hydroxyl groups is 1. The minimum Gasteiger partial charge on any atom is -0.396 e. The molecule has 0 radical (unpaired) electrons. The molecule has 5 nitrogen and oxygen atoms in total. The van der Waals surface area contributed by atoms with E-state index in [1.807, 2.05) is 30.3 Å². The minimum absolute atomic E-state index is 0.0631. The minimum atomic E-state index is -0.101. The predicted octanol–water partition coefficient (Wildman–Crippen LogP) is 5.15. The summed E-state index contributed by atoms with van der Waals surface area (Å²) in [6.07, 6.45) is 2.43. The fraction of sp³-hybridized carbons (Fsp3) is 0.304. The van der Waals surface area contributed by atoms with Crippen molar-refractivity contribution in [2.24, 2.45) is 0 Å². The number of hydrogen-bond acceptors (Lipinski definition) is 3. The number of pyridine rings is 1. The van der Waals surface area contributed by atoms with Crippen LogP contribution in [0.5, 0.6) is 0 Å². The van der Waals surface area contributed by atoms with Gasteiger partial charge in [-0.2, -0.15) is 0 Å². The van der Waals surface area contributed by atoms with E-state index in [1.54, 1.807) is 12.3 Å². The van der Waals surface area contributed by atoms with Gasteiger partial charge in [0.15, 0.2) is 5.11 Å². The fourth-order valence-electron chi connectivity index (χ4n) is 4.35. The molecular formula is C23H24Cl2N4OS. The average Bonchev–Trinajstić information content (AvgIpc) is 3.24. The van der Waals surface area contributed by atoms with Crippen molar-refractivity contribution in [3.8, 4) is 5.69 Å². The van der Waals surface area contributed by atoms with Gasteiger partial charge in [-0.1, -0.05) is 35.3 Å². The van der Waals surface area contributed by atoms with Crippen molar-refractivity contribution < 1.29 is 5.11 Å². The standard InChI is InChI=1S/C23H24Cl2N4OS/c1-14-13-16(15(2)29(14)19-9-5-7-17(24)20(19)25)22-21(18-8-3-4-10-26-18)27-23(31)28(22)11-6-12-30/h3-5,7-10,13,21-22,30H,6,11-12H2,1-2H3,(H,27,31). The van der Waals surface area contributed by atoms with Crippen molar-refractivity contribution in [3.63, 3.8) is 0 Å². The third kappa shape index (κ3) is 4.05. The highest BCUT2D eigenvalue weighted by atomic mass is 35.5. The molecule has 1 aromatic carbocycles. The summed E-state index contributed by atoms with van der Waals surface area (Å²) in [5.41, 5.74) is 5.02. The molecule has 3 aromatic rings. The number of thiocarbonyl (C=S) groups is 1. The number of rotatable bonds is 6. The molecule has 2 unspecified atom stereocenters. The van der Waals surface area contributed by atoms with Crippen LogP contribution in [-0.4, -0.2) is 37.8 Å². The molecule has 0 saturated carbocycles. The molecule has 1 aliphatic heterocycles. The fourth-order valence-corrected chi connectivity index (χ4v) is 5.06. The smallest absolute Gasteiger partial charge is 0.170 e. The Morgan fingerprint density at radius 3 is 2.68 bits per heavy atom. The lowest BCUT2D eigenvalue weighted by molar-refractivity contribution is 0.247. The Morgan fingerprint density at radius 2 is 1.97 bits per heavy atom. The van der Waals surface area contributed by atoms with Crippen molar-refractivity contribution in [1.29, 1.82) is 0 Å². The molecule has 0 spiro atoms. The van der Waals surface area contributed by atoms with Gasteiger partial charge in [-0.15, -0.1) is 0 Å². The summed E-state index contributed by atoms with van der Waals surface area (Å²) >= 11 is 18.5. The lowest BCUT2D eigenvalue weighted by atomic mass is 9.96. The van der Waals surface area contributed by atoms with Crippen molar-refractivity contribution in [1.82, 2.24) is 19.8 Å². The summed E-state index contributed by atoms with van der Waals surface area (Å²) in [5.74, 6) is 0. The van der Waals surface area contributed by atoms with Gasteiger partial charge in [-0.25, -0.2) is 0 Å². The third-order valence-electron chi connectivity index (χ3n) is 5.72. The topological polar surface area (TPSA) is 53.3 Å².